The van der Waals surface area contributed by atoms with Gasteiger partial charge in [0.1, 0.15) is 11.3 Å². The number of amides is 2. The first-order valence-electron chi connectivity index (χ1n) is 10.7. The molecule has 34 heavy (non-hydrogen) atoms. The van der Waals surface area contributed by atoms with Gasteiger partial charge in [0.05, 0.1) is 35.0 Å². The van der Waals surface area contributed by atoms with Crippen LogP contribution in [0.2, 0.25) is 5.02 Å². The molecule has 2 amide bonds. The predicted molar refractivity (Wildman–Crippen MR) is 139 cm³/mol. The number of halogens is 2. The molecule has 0 spiro atoms. The lowest BCUT2D eigenvalue weighted by molar-refractivity contribution is -0.121. The summed E-state index contributed by atoms with van der Waals surface area (Å²) >= 11 is 12.6. The van der Waals surface area contributed by atoms with Gasteiger partial charge < -0.3 is 20.3 Å². The molecule has 0 unspecified atom stereocenters. The molecule has 0 radical (unpaired) electrons. The van der Waals surface area contributed by atoms with Crippen LogP contribution >= 0.6 is 23.2 Å². The van der Waals surface area contributed by atoms with E-state index >= 15 is 0 Å². The monoisotopic (exact) mass is 497 g/mol. The van der Waals surface area contributed by atoms with Crippen LogP contribution in [-0.2, 0) is 10.7 Å². The molecule has 2 N–H and O–H groups in total. The van der Waals surface area contributed by atoms with Gasteiger partial charge >= 0.3 is 0 Å². The summed E-state index contributed by atoms with van der Waals surface area (Å²) in [6.45, 7) is 3.70. The number of carbonyl (C=O) groups is 2. The molecule has 1 aliphatic heterocycles. The molecule has 0 saturated heterocycles. The van der Waals surface area contributed by atoms with Crippen molar-refractivity contribution in [2.75, 3.05) is 29.7 Å². The number of alkyl halides is 1. The van der Waals surface area contributed by atoms with Gasteiger partial charge in [0.15, 0.2) is 0 Å². The highest BCUT2D eigenvalue weighted by atomic mass is 35.5. The topological polar surface area (TPSA) is 70.7 Å². The minimum atomic E-state index is -0.716. The molecular formula is C26H25Cl2N3O3. The Bertz CT molecular complexity index is 1290. The molecule has 8 heteroatoms. The van der Waals surface area contributed by atoms with Crippen molar-refractivity contribution in [3.05, 3.63) is 70.7 Å². The maximum atomic E-state index is 12.9. The van der Waals surface area contributed by atoms with Gasteiger partial charge in [0.2, 0.25) is 0 Å². The number of hydrogen-bond acceptors (Lipinski definition) is 4. The third-order valence-corrected chi connectivity index (χ3v) is 6.50. The van der Waals surface area contributed by atoms with E-state index in [1.165, 1.54) is 0 Å². The Morgan fingerprint density at radius 2 is 1.82 bits per heavy atom. The van der Waals surface area contributed by atoms with Crippen molar-refractivity contribution in [3.63, 3.8) is 0 Å². The molecule has 0 saturated carbocycles. The van der Waals surface area contributed by atoms with Crippen LogP contribution in [0.25, 0.3) is 11.1 Å². The Balaban J connectivity index is 1.74. The Hall–Kier alpha value is -3.22. The van der Waals surface area contributed by atoms with E-state index in [9.17, 15) is 9.59 Å². The maximum Gasteiger partial charge on any atom is 0.257 e. The van der Waals surface area contributed by atoms with Crippen molar-refractivity contribution in [1.82, 2.24) is 0 Å². The lowest BCUT2D eigenvalue weighted by Gasteiger charge is -2.39. The van der Waals surface area contributed by atoms with Crippen molar-refractivity contribution >= 4 is 52.1 Å². The highest BCUT2D eigenvalue weighted by molar-refractivity contribution is 6.34. The third-order valence-electron chi connectivity index (χ3n) is 5.91. The molecular weight excluding hydrogens is 473 g/mol. The van der Waals surface area contributed by atoms with Crippen LogP contribution in [-0.4, -0.2) is 31.5 Å². The summed E-state index contributed by atoms with van der Waals surface area (Å²) in [6, 6.07) is 16.2. The zero-order valence-electron chi connectivity index (χ0n) is 19.3. The van der Waals surface area contributed by atoms with E-state index in [1.54, 1.807) is 55.5 Å². The van der Waals surface area contributed by atoms with Crippen molar-refractivity contribution in [1.29, 1.82) is 0 Å². The number of hydrogen-bond donors (Lipinski definition) is 2. The second kappa shape index (κ2) is 9.20. The third kappa shape index (κ3) is 4.19. The first-order valence-corrected chi connectivity index (χ1v) is 11.6. The minimum absolute atomic E-state index is 0.0480. The second-order valence-corrected chi connectivity index (χ2v) is 9.26. The van der Waals surface area contributed by atoms with Gasteiger partial charge in [-0.2, -0.15) is 0 Å². The van der Waals surface area contributed by atoms with Crippen LogP contribution < -0.4 is 20.3 Å². The van der Waals surface area contributed by atoms with Crippen molar-refractivity contribution in [2.24, 2.45) is 0 Å². The van der Waals surface area contributed by atoms with Crippen molar-refractivity contribution in [3.8, 4) is 16.9 Å². The van der Waals surface area contributed by atoms with Crippen molar-refractivity contribution < 1.29 is 14.3 Å². The van der Waals surface area contributed by atoms with Gasteiger partial charge in [-0.25, -0.2) is 0 Å². The fourth-order valence-electron chi connectivity index (χ4n) is 4.25. The summed E-state index contributed by atoms with van der Waals surface area (Å²) in [6.07, 6.45) is 0. The SMILES string of the molecule is COc1cc(NC(=O)c2ccccc2Cl)ccc1-c1ccc2c(c1CCl)N(C)C(=O)C(C)(C)N2. The molecule has 1 aliphatic rings. The minimum Gasteiger partial charge on any atom is -0.496 e. The van der Waals surface area contributed by atoms with Gasteiger partial charge in [-0.1, -0.05) is 29.8 Å². The van der Waals surface area contributed by atoms with Gasteiger partial charge in [0, 0.05) is 29.9 Å². The van der Waals surface area contributed by atoms with Gasteiger partial charge in [-0.15, -0.1) is 11.6 Å². The molecule has 0 aliphatic carbocycles. The summed E-state index contributed by atoms with van der Waals surface area (Å²) in [5.41, 5.74) is 4.26. The molecule has 4 rings (SSSR count). The standard InChI is InChI=1S/C26H25Cl2N3O3/c1-26(2)25(33)31(3)23-19(14-27)16(11-12-21(23)30-26)17-10-9-15(13-22(17)34-4)29-24(32)18-7-5-6-8-20(18)28/h5-13,30H,14H2,1-4H3,(H,29,32). The van der Waals surface area contributed by atoms with Crippen LogP contribution in [0.3, 0.4) is 0 Å². The van der Waals surface area contributed by atoms with E-state index in [-0.39, 0.29) is 17.7 Å². The van der Waals surface area contributed by atoms with Gasteiger partial charge in [-0.3, -0.25) is 9.59 Å². The molecule has 3 aromatic rings. The average Bonchev–Trinajstić information content (AvgIpc) is 2.82. The number of benzene rings is 3. The fraction of sp³-hybridized carbons (Fsp3) is 0.231. The van der Waals surface area contributed by atoms with E-state index in [0.29, 0.717) is 22.0 Å². The quantitative estimate of drug-likeness (QED) is 0.413. The van der Waals surface area contributed by atoms with Gasteiger partial charge in [0.25, 0.3) is 11.8 Å². The average molecular weight is 498 g/mol. The lowest BCUT2D eigenvalue weighted by atomic mass is 9.92. The largest absolute Gasteiger partial charge is 0.496 e. The van der Waals surface area contributed by atoms with E-state index in [0.717, 1.165) is 28.1 Å². The number of anilines is 3. The first-order chi connectivity index (χ1) is 16.2. The summed E-state index contributed by atoms with van der Waals surface area (Å²) < 4.78 is 5.66. The summed E-state index contributed by atoms with van der Waals surface area (Å²) in [4.78, 5) is 27.2. The Morgan fingerprint density at radius 1 is 1.12 bits per heavy atom. The zero-order chi connectivity index (χ0) is 24.6. The molecule has 0 atom stereocenters. The number of likely N-dealkylation sites (N-methyl/N-ethyl adjacent to an activating group) is 1. The van der Waals surface area contributed by atoms with E-state index in [2.05, 4.69) is 10.6 Å². The first kappa shape index (κ1) is 23.9. The number of nitrogens with one attached hydrogen (secondary N) is 2. The number of nitrogens with zero attached hydrogens (tertiary/aromatic N) is 1. The molecule has 1 heterocycles. The van der Waals surface area contributed by atoms with Crippen molar-refractivity contribution in [2.45, 2.75) is 25.3 Å². The summed E-state index contributed by atoms with van der Waals surface area (Å²) in [7, 11) is 3.32. The number of fused-ring (bicyclic) bond motifs is 1. The summed E-state index contributed by atoms with van der Waals surface area (Å²) in [5.74, 6) is 0.394. The second-order valence-electron chi connectivity index (χ2n) is 8.58. The number of ether oxygens (including phenoxy) is 1. The number of carbonyl (C=O) groups excluding carboxylic acids is 2. The number of rotatable bonds is 5. The predicted octanol–water partition coefficient (Wildman–Crippen LogP) is 6.17. The van der Waals surface area contributed by atoms with Crippen LogP contribution in [0, 0.1) is 0 Å². The Kier molecular flexibility index (Phi) is 6.47. The zero-order valence-corrected chi connectivity index (χ0v) is 20.8. The van der Waals surface area contributed by atoms with E-state index in [1.807, 2.05) is 32.0 Å². The molecule has 0 aromatic heterocycles. The molecule has 6 nitrogen and oxygen atoms in total. The fourth-order valence-corrected chi connectivity index (χ4v) is 4.75. The van der Waals surface area contributed by atoms with Crippen LogP contribution in [0.5, 0.6) is 5.75 Å². The Morgan fingerprint density at radius 3 is 2.50 bits per heavy atom. The smallest absolute Gasteiger partial charge is 0.257 e. The highest BCUT2D eigenvalue weighted by Crippen LogP contribution is 2.44. The molecule has 3 aromatic carbocycles. The van der Waals surface area contributed by atoms with Crippen LogP contribution in [0.15, 0.2) is 54.6 Å². The maximum absolute atomic E-state index is 12.9. The molecule has 176 valence electrons. The molecule has 0 fully saturated rings. The summed E-state index contributed by atoms with van der Waals surface area (Å²) in [5, 5.41) is 6.55. The lowest BCUT2D eigenvalue weighted by Crippen LogP contribution is -2.52. The normalized spacial score (nSPS) is 14.3. The van der Waals surface area contributed by atoms with E-state index in [4.69, 9.17) is 27.9 Å². The van der Waals surface area contributed by atoms with Gasteiger partial charge in [-0.05, 0) is 49.7 Å². The van der Waals surface area contributed by atoms with Crippen LogP contribution in [0.1, 0.15) is 29.8 Å². The number of methoxy groups -OCH3 is 1. The van der Waals surface area contributed by atoms with Crippen LogP contribution in [0.4, 0.5) is 17.1 Å². The molecule has 0 bridgehead atoms. The van der Waals surface area contributed by atoms with E-state index < -0.39 is 5.54 Å². The Labute approximate surface area is 208 Å². The highest BCUT2D eigenvalue weighted by Gasteiger charge is 2.38.